The van der Waals surface area contributed by atoms with Gasteiger partial charge in [-0.15, -0.1) is 0 Å². The van der Waals surface area contributed by atoms with Gasteiger partial charge in [-0.25, -0.2) is 0 Å². The Morgan fingerprint density at radius 1 is 0.425 bits per heavy atom. The van der Waals surface area contributed by atoms with E-state index in [-0.39, 0.29) is 0 Å². The highest BCUT2D eigenvalue weighted by molar-refractivity contribution is 6.20. The highest BCUT2D eigenvalue weighted by atomic mass is 16.3. The fourth-order valence-electron chi connectivity index (χ4n) is 6.00. The molecule has 2 heteroatoms. The van der Waals surface area contributed by atoms with Crippen molar-refractivity contribution < 1.29 is 4.42 Å². The molecule has 0 radical (unpaired) electrons. The average Bonchev–Trinajstić information content (AvgIpc) is 3.42. The van der Waals surface area contributed by atoms with Gasteiger partial charge in [0.2, 0.25) is 0 Å². The van der Waals surface area contributed by atoms with Crippen LogP contribution in [0.1, 0.15) is 0 Å². The molecule has 40 heavy (non-hydrogen) atoms. The van der Waals surface area contributed by atoms with Crippen molar-refractivity contribution in [3.63, 3.8) is 0 Å². The number of rotatable bonds is 4. The lowest BCUT2D eigenvalue weighted by Gasteiger charge is -2.25. The maximum atomic E-state index is 6.62. The van der Waals surface area contributed by atoms with Gasteiger partial charge in [-0.2, -0.15) is 0 Å². The van der Waals surface area contributed by atoms with Gasteiger partial charge in [-0.3, -0.25) is 0 Å². The minimum atomic E-state index is 0.885. The van der Waals surface area contributed by atoms with E-state index >= 15 is 0 Å². The molecule has 8 aromatic rings. The number of nitrogens with zero attached hydrogens (tertiary/aromatic N) is 1. The Hall–Kier alpha value is -5.34. The van der Waals surface area contributed by atoms with Crippen molar-refractivity contribution in [3.8, 4) is 11.1 Å². The number of furan rings is 1. The van der Waals surface area contributed by atoms with Gasteiger partial charge in [-0.05, 0) is 69.1 Å². The Balaban J connectivity index is 1.32. The van der Waals surface area contributed by atoms with E-state index in [2.05, 4.69) is 157 Å². The molecule has 0 bridgehead atoms. The van der Waals surface area contributed by atoms with Crippen molar-refractivity contribution in [3.05, 3.63) is 152 Å². The molecule has 0 aliphatic carbocycles. The lowest BCUT2D eigenvalue weighted by Crippen LogP contribution is -2.10. The van der Waals surface area contributed by atoms with E-state index in [9.17, 15) is 0 Å². The van der Waals surface area contributed by atoms with Crippen LogP contribution in [0.3, 0.4) is 0 Å². The number of para-hydroxylation sites is 2. The van der Waals surface area contributed by atoms with E-state index in [0.717, 1.165) is 39.0 Å². The average molecular weight is 512 g/mol. The molecule has 8 rings (SSSR count). The largest absolute Gasteiger partial charge is 0.454 e. The first-order valence-corrected chi connectivity index (χ1v) is 13.6. The molecule has 0 saturated heterocycles. The van der Waals surface area contributed by atoms with Crippen molar-refractivity contribution >= 4 is 60.5 Å². The quantitative estimate of drug-likeness (QED) is 0.234. The minimum absolute atomic E-state index is 0.885. The van der Waals surface area contributed by atoms with E-state index in [1.165, 1.54) is 32.7 Å². The smallest absolute Gasteiger partial charge is 0.159 e. The number of anilines is 3. The summed E-state index contributed by atoms with van der Waals surface area (Å²) in [6, 6.07) is 53.6. The first kappa shape index (κ1) is 22.6. The lowest BCUT2D eigenvalue weighted by molar-refractivity contribution is 0.669. The molecule has 0 spiro atoms. The molecule has 0 amide bonds. The first-order valence-electron chi connectivity index (χ1n) is 13.6. The second-order valence-electron chi connectivity index (χ2n) is 10.2. The lowest BCUT2D eigenvalue weighted by atomic mass is 9.98. The van der Waals surface area contributed by atoms with Gasteiger partial charge in [0, 0.05) is 22.1 Å². The number of hydrogen-bond donors (Lipinski definition) is 0. The summed E-state index contributed by atoms with van der Waals surface area (Å²) >= 11 is 0. The van der Waals surface area contributed by atoms with Gasteiger partial charge in [0.15, 0.2) is 5.58 Å². The van der Waals surface area contributed by atoms with E-state index < -0.39 is 0 Å². The van der Waals surface area contributed by atoms with Crippen LogP contribution in [0.5, 0.6) is 0 Å². The summed E-state index contributed by atoms with van der Waals surface area (Å²) in [5.74, 6) is 0. The van der Waals surface area contributed by atoms with Gasteiger partial charge in [0.05, 0.1) is 5.69 Å². The van der Waals surface area contributed by atoms with E-state index in [4.69, 9.17) is 4.42 Å². The summed E-state index contributed by atoms with van der Waals surface area (Å²) in [7, 11) is 0. The molecule has 0 fully saturated rings. The molecule has 0 aliphatic heterocycles. The van der Waals surface area contributed by atoms with Crippen LogP contribution in [0.2, 0.25) is 0 Å². The van der Waals surface area contributed by atoms with Gasteiger partial charge >= 0.3 is 0 Å². The third-order valence-electron chi connectivity index (χ3n) is 7.85. The minimum Gasteiger partial charge on any atom is -0.454 e. The Kier molecular flexibility index (Phi) is 5.17. The van der Waals surface area contributed by atoms with Crippen molar-refractivity contribution in [2.75, 3.05) is 4.90 Å². The molecular formula is C38H25NO. The van der Waals surface area contributed by atoms with E-state index in [0.29, 0.717) is 0 Å². The maximum absolute atomic E-state index is 6.62. The molecule has 188 valence electrons. The fourth-order valence-corrected chi connectivity index (χ4v) is 6.00. The number of fused-ring (bicyclic) bond motifs is 6. The monoisotopic (exact) mass is 511 g/mol. The van der Waals surface area contributed by atoms with E-state index in [1.54, 1.807) is 0 Å². The molecule has 1 aromatic heterocycles. The molecule has 0 unspecified atom stereocenters. The molecule has 2 nitrogen and oxygen atoms in total. The predicted octanol–water partition coefficient (Wildman–Crippen LogP) is 11.0. The summed E-state index contributed by atoms with van der Waals surface area (Å²) in [6.07, 6.45) is 0. The second kappa shape index (κ2) is 9.14. The summed E-state index contributed by atoms with van der Waals surface area (Å²) in [5, 5.41) is 7.22. The standard InChI is InChI=1S/C38H25NO/c1-2-13-29(14-3-1)39(30-23-20-28(21-24-30)32-17-8-12-26-10-4-6-15-31(26)32)35-19-9-18-34-37-33-16-7-5-11-27(33)22-25-36(37)40-38(34)35/h1-25H. The zero-order valence-corrected chi connectivity index (χ0v) is 21.8. The molecular weight excluding hydrogens is 486 g/mol. The highest BCUT2D eigenvalue weighted by Crippen LogP contribution is 2.44. The molecule has 1 heterocycles. The summed E-state index contributed by atoms with van der Waals surface area (Å²) in [6.45, 7) is 0. The predicted molar refractivity (Wildman–Crippen MR) is 169 cm³/mol. The summed E-state index contributed by atoms with van der Waals surface area (Å²) in [5.41, 5.74) is 7.40. The number of hydrogen-bond acceptors (Lipinski definition) is 2. The fraction of sp³-hybridized carbons (Fsp3) is 0. The molecule has 0 aliphatic rings. The van der Waals surface area contributed by atoms with Gasteiger partial charge in [0.1, 0.15) is 5.58 Å². The van der Waals surface area contributed by atoms with Crippen LogP contribution in [0.25, 0.3) is 54.6 Å². The molecule has 0 N–H and O–H groups in total. The van der Waals surface area contributed by atoms with Crippen molar-refractivity contribution in [1.29, 1.82) is 0 Å². The Labute approximate surface area is 232 Å². The highest BCUT2D eigenvalue weighted by Gasteiger charge is 2.20. The molecule has 0 saturated carbocycles. The van der Waals surface area contributed by atoms with Crippen molar-refractivity contribution in [2.24, 2.45) is 0 Å². The number of benzene rings is 7. The van der Waals surface area contributed by atoms with Crippen LogP contribution in [0.4, 0.5) is 17.1 Å². The van der Waals surface area contributed by atoms with E-state index in [1.807, 2.05) is 0 Å². The Bertz CT molecular complexity index is 2150. The van der Waals surface area contributed by atoms with Crippen LogP contribution < -0.4 is 4.90 Å². The van der Waals surface area contributed by atoms with Crippen LogP contribution in [-0.2, 0) is 0 Å². The second-order valence-corrected chi connectivity index (χ2v) is 10.2. The van der Waals surface area contributed by atoms with Crippen molar-refractivity contribution in [1.82, 2.24) is 0 Å². The Morgan fingerprint density at radius 2 is 1.05 bits per heavy atom. The molecule has 7 aromatic carbocycles. The topological polar surface area (TPSA) is 16.4 Å². The van der Waals surface area contributed by atoms with Gasteiger partial charge in [0.25, 0.3) is 0 Å². The van der Waals surface area contributed by atoms with Crippen molar-refractivity contribution in [2.45, 2.75) is 0 Å². The SMILES string of the molecule is c1ccc(N(c2ccc(-c3cccc4ccccc34)cc2)c2cccc3c2oc2ccc4ccccc4c23)cc1. The third kappa shape index (κ3) is 3.58. The zero-order chi connectivity index (χ0) is 26.5. The third-order valence-corrected chi connectivity index (χ3v) is 7.85. The normalized spacial score (nSPS) is 11.5. The Morgan fingerprint density at radius 3 is 1.88 bits per heavy atom. The van der Waals surface area contributed by atoms with Crippen LogP contribution in [0, 0.1) is 0 Å². The summed E-state index contributed by atoms with van der Waals surface area (Å²) < 4.78 is 6.62. The van der Waals surface area contributed by atoms with Gasteiger partial charge in [-0.1, -0.05) is 115 Å². The van der Waals surface area contributed by atoms with Crippen LogP contribution in [-0.4, -0.2) is 0 Å². The van der Waals surface area contributed by atoms with Crippen LogP contribution in [0.15, 0.2) is 156 Å². The van der Waals surface area contributed by atoms with Crippen LogP contribution >= 0.6 is 0 Å². The molecule has 0 atom stereocenters. The first-order chi connectivity index (χ1) is 19.8. The zero-order valence-electron chi connectivity index (χ0n) is 21.8. The maximum Gasteiger partial charge on any atom is 0.159 e. The van der Waals surface area contributed by atoms with Gasteiger partial charge < -0.3 is 9.32 Å². The summed E-state index contributed by atoms with van der Waals surface area (Å²) in [4.78, 5) is 2.29.